The average molecular weight is 373 g/mol. The van der Waals surface area contributed by atoms with Gasteiger partial charge in [-0.2, -0.15) is 0 Å². The Morgan fingerprint density at radius 1 is 1.45 bits per heavy atom. The van der Waals surface area contributed by atoms with Gasteiger partial charge in [-0.1, -0.05) is 19.6 Å². The third kappa shape index (κ3) is 4.51. The lowest BCUT2D eigenvalue weighted by molar-refractivity contribution is 0.0785. The van der Waals surface area contributed by atoms with Crippen molar-refractivity contribution in [2.75, 3.05) is 6.61 Å². The van der Waals surface area contributed by atoms with Gasteiger partial charge in [0.15, 0.2) is 13.7 Å². The summed E-state index contributed by atoms with van der Waals surface area (Å²) in [7, 11) is 0.937. The van der Waals surface area contributed by atoms with Crippen molar-refractivity contribution >= 4 is 48.1 Å². The number of aromatic nitrogens is 4. The van der Waals surface area contributed by atoms with Crippen molar-refractivity contribution < 1.29 is 4.74 Å². The molecule has 0 aliphatic carbocycles. The summed E-state index contributed by atoms with van der Waals surface area (Å²) in [5.41, 5.74) is 0. The van der Waals surface area contributed by atoms with E-state index in [0.29, 0.717) is 12.6 Å². The van der Waals surface area contributed by atoms with Crippen molar-refractivity contribution in [3.8, 4) is 10.7 Å². The van der Waals surface area contributed by atoms with Crippen LogP contribution in [-0.2, 0) is 11.5 Å². The largest absolute Gasteiger partial charge is 0.359 e. The van der Waals surface area contributed by atoms with Crippen LogP contribution in [0.4, 0.5) is 0 Å². The number of thiazole rings is 1. The van der Waals surface area contributed by atoms with Crippen LogP contribution in [0, 0.1) is 0 Å². The first kappa shape index (κ1) is 15.9. The molecule has 0 unspecified atom stereocenters. The van der Waals surface area contributed by atoms with Crippen molar-refractivity contribution in [3.63, 3.8) is 0 Å². The minimum atomic E-state index is -1.03. The maximum atomic E-state index is 5.65. The van der Waals surface area contributed by atoms with Gasteiger partial charge in [0.05, 0.1) is 0 Å². The van der Waals surface area contributed by atoms with Crippen LogP contribution in [-0.4, -0.2) is 42.3 Å². The molecule has 2 aromatic heterocycles. The van der Waals surface area contributed by atoms with Crippen LogP contribution < -0.4 is 4.91 Å². The normalized spacial score (nSPS) is 12.0. The fourth-order valence-corrected chi connectivity index (χ4v) is 3.84. The van der Waals surface area contributed by atoms with Crippen LogP contribution in [0.2, 0.25) is 25.7 Å². The molecule has 9 heteroatoms. The molecule has 0 bridgehead atoms. The molecule has 2 heterocycles. The molecule has 0 radical (unpaired) electrons. The summed E-state index contributed by atoms with van der Waals surface area (Å²) in [6.07, 6.45) is 1.70. The summed E-state index contributed by atoms with van der Waals surface area (Å²) in [6, 6.07) is 1.16. The average Bonchev–Trinajstić information content (AvgIpc) is 2.90. The molecule has 0 aliphatic heterocycles. The molecule has 0 spiro atoms. The number of rotatable bonds is 6. The van der Waals surface area contributed by atoms with E-state index in [1.165, 1.54) is 0 Å². The predicted octanol–water partition coefficient (Wildman–Crippen LogP) is 1.73. The SMILES string of the molecule is Bc1nc(Br)c(-c2ncn(COCC[Si](C)(C)C)n2)s1. The molecule has 0 fully saturated rings. The molecule has 0 atom stereocenters. The second-order valence-corrected chi connectivity index (χ2v) is 13.4. The zero-order valence-electron chi connectivity index (χ0n) is 12.2. The highest BCUT2D eigenvalue weighted by Crippen LogP contribution is 2.26. The second kappa shape index (κ2) is 6.50. The quantitative estimate of drug-likeness (QED) is 0.572. The summed E-state index contributed by atoms with van der Waals surface area (Å²) in [4.78, 5) is 10.6. The predicted molar refractivity (Wildman–Crippen MR) is 91.1 cm³/mol. The number of nitrogens with zero attached hydrogens (tertiary/aromatic N) is 4. The molecule has 2 aromatic rings. The van der Waals surface area contributed by atoms with Crippen LogP contribution >= 0.6 is 27.3 Å². The van der Waals surface area contributed by atoms with Crippen molar-refractivity contribution in [1.29, 1.82) is 0 Å². The second-order valence-electron chi connectivity index (χ2n) is 5.81. The van der Waals surface area contributed by atoms with E-state index in [9.17, 15) is 0 Å². The highest BCUT2D eigenvalue weighted by atomic mass is 79.9. The number of hydrogen-bond acceptors (Lipinski definition) is 5. The van der Waals surface area contributed by atoms with Crippen LogP contribution in [0.5, 0.6) is 0 Å². The van der Waals surface area contributed by atoms with E-state index in [2.05, 4.69) is 50.6 Å². The fraction of sp³-hybridized carbons (Fsp3) is 0.545. The molecule has 0 saturated heterocycles. The Morgan fingerprint density at radius 3 is 2.80 bits per heavy atom. The Kier molecular flexibility index (Phi) is 5.16. The summed E-state index contributed by atoms with van der Waals surface area (Å²) in [5, 5.41) is 4.42. The van der Waals surface area contributed by atoms with E-state index in [4.69, 9.17) is 4.74 Å². The maximum absolute atomic E-state index is 5.65. The standard InChI is InChI=1S/C11H18BBrN4OSSi/c1-20(2,3)5-4-18-7-17-6-14-10(16-17)8-9(13)15-11(12)19-8/h6H,4-5,7,12H2,1-3H3. The van der Waals surface area contributed by atoms with Gasteiger partial charge >= 0.3 is 0 Å². The lowest BCUT2D eigenvalue weighted by Crippen LogP contribution is -2.22. The molecule has 0 amide bonds. The minimum Gasteiger partial charge on any atom is -0.359 e. The van der Waals surface area contributed by atoms with E-state index in [1.807, 2.05) is 7.85 Å². The summed E-state index contributed by atoms with van der Waals surface area (Å²) >= 11 is 5.01. The van der Waals surface area contributed by atoms with Gasteiger partial charge in [0.25, 0.3) is 0 Å². The molecule has 0 saturated carbocycles. The van der Waals surface area contributed by atoms with Crippen molar-refractivity contribution in [1.82, 2.24) is 19.7 Å². The molecule has 0 aliphatic rings. The Morgan fingerprint density at radius 2 is 2.20 bits per heavy atom. The molecular formula is C11H18BBrN4OSSi. The lowest BCUT2D eigenvalue weighted by Gasteiger charge is -2.15. The van der Waals surface area contributed by atoms with Gasteiger partial charge in [0.1, 0.15) is 22.5 Å². The molecular weight excluding hydrogens is 355 g/mol. The third-order valence-electron chi connectivity index (χ3n) is 2.65. The molecule has 2 rings (SSSR count). The summed E-state index contributed by atoms with van der Waals surface area (Å²) < 4.78 is 8.18. The molecule has 5 nitrogen and oxygen atoms in total. The van der Waals surface area contributed by atoms with Gasteiger partial charge < -0.3 is 4.74 Å². The van der Waals surface area contributed by atoms with Crippen molar-refractivity contribution in [2.45, 2.75) is 32.4 Å². The van der Waals surface area contributed by atoms with E-state index in [-0.39, 0.29) is 0 Å². The van der Waals surface area contributed by atoms with Gasteiger partial charge in [0.2, 0.25) is 0 Å². The molecule has 0 N–H and O–H groups in total. The van der Waals surface area contributed by atoms with Gasteiger partial charge in [-0.15, -0.1) is 16.4 Å². The number of halogens is 1. The maximum Gasteiger partial charge on any atom is 0.194 e. The van der Waals surface area contributed by atoms with Crippen LogP contribution in [0.15, 0.2) is 10.9 Å². The fourth-order valence-electron chi connectivity index (χ4n) is 1.54. The van der Waals surface area contributed by atoms with Gasteiger partial charge in [0, 0.05) is 19.6 Å². The van der Waals surface area contributed by atoms with Crippen LogP contribution in [0.3, 0.4) is 0 Å². The summed E-state index contributed by atoms with van der Waals surface area (Å²) in [5.74, 6) is 0.691. The highest BCUT2D eigenvalue weighted by Gasteiger charge is 2.14. The smallest absolute Gasteiger partial charge is 0.194 e. The highest BCUT2D eigenvalue weighted by molar-refractivity contribution is 9.10. The summed E-state index contributed by atoms with van der Waals surface area (Å²) in [6.45, 7) is 8.26. The Balaban J connectivity index is 1.91. The minimum absolute atomic E-state index is 0.451. The third-order valence-corrected chi connectivity index (χ3v) is 6.16. The van der Waals surface area contributed by atoms with Crippen molar-refractivity contribution in [3.05, 3.63) is 10.9 Å². The van der Waals surface area contributed by atoms with E-state index >= 15 is 0 Å². The van der Waals surface area contributed by atoms with Gasteiger partial charge in [-0.05, 0) is 22.0 Å². The van der Waals surface area contributed by atoms with E-state index in [1.54, 1.807) is 22.3 Å². The Hall–Kier alpha value is -0.508. The Labute approximate surface area is 133 Å². The zero-order valence-corrected chi connectivity index (χ0v) is 15.6. The molecule has 108 valence electrons. The van der Waals surface area contributed by atoms with Gasteiger partial charge in [-0.3, -0.25) is 0 Å². The van der Waals surface area contributed by atoms with Crippen molar-refractivity contribution in [2.24, 2.45) is 0 Å². The monoisotopic (exact) mass is 372 g/mol. The molecule has 20 heavy (non-hydrogen) atoms. The first-order valence-electron chi connectivity index (χ1n) is 6.46. The van der Waals surface area contributed by atoms with E-state index in [0.717, 1.165) is 27.0 Å². The van der Waals surface area contributed by atoms with E-state index < -0.39 is 8.07 Å². The zero-order chi connectivity index (χ0) is 14.8. The number of ether oxygens (including phenoxy) is 1. The first-order chi connectivity index (χ1) is 9.35. The van der Waals surface area contributed by atoms with Crippen LogP contribution in [0.25, 0.3) is 10.7 Å². The first-order valence-corrected chi connectivity index (χ1v) is 11.8. The molecule has 0 aromatic carbocycles. The number of hydrogen-bond donors (Lipinski definition) is 0. The van der Waals surface area contributed by atoms with Crippen LogP contribution in [0.1, 0.15) is 0 Å². The Bertz CT molecular complexity index is 583. The topological polar surface area (TPSA) is 52.8 Å². The van der Waals surface area contributed by atoms with Gasteiger partial charge in [-0.25, -0.2) is 14.6 Å². The lowest BCUT2D eigenvalue weighted by atomic mass is 10.2.